The fourth-order valence-corrected chi connectivity index (χ4v) is 4.46. The lowest BCUT2D eigenvalue weighted by Crippen LogP contribution is -2.55. The molecule has 12 heteroatoms. The molecule has 1 heterocycles. The van der Waals surface area contributed by atoms with Crippen molar-refractivity contribution in [1.29, 1.82) is 10.7 Å². The van der Waals surface area contributed by atoms with Crippen LogP contribution in [0, 0.1) is 22.7 Å². The van der Waals surface area contributed by atoms with Gasteiger partial charge in [-0.3, -0.25) is 15.2 Å². The van der Waals surface area contributed by atoms with Crippen molar-refractivity contribution in [2.75, 3.05) is 17.8 Å². The van der Waals surface area contributed by atoms with Crippen LogP contribution in [0.25, 0.3) is 0 Å². The molecule has 3 N–H and O–H groups in total. The molecule has 1 unspecified atom stereocenters. The smallest absolute Gasteiger partial charge is 0.416 e. The fourth-order valence-electron chi connectivity index (χ4n) is 4.30. The molecule has 1 aliphatic rings. The van der Waals surface area contributed by atoms with Crippen LogP contribution in [0.5, 0.6) is 0 Å². The molecule has 0 bridgehead atoms. The number of allylic oxidation sites excluding steroid dienone is 1. The number of carbonyl (C=O) groups excluding carboxylic acids is 2. The topological polar surface area (TPSA) is 124 Å². The first kappa shape index (κ1) is 39.0. The van der Waals surface area contributed by atoms with E-state index in [1.165, 1.54) is 31.9 Å². The standard InChI is InChI=1S/C25H24F3N5O3S.C5H12.C3H8/c1-14-20(22(34)36-2)21(19-9-8-15(13-29)11-16(19)5-4-10-37)33(24(31)35)23(30)32(14)18-7-3-6-17(12-18)25(26,27)28;1-4-5(2)3;1-3-2/h3,6-9,11-12,21,30,37H,4-5,10H2,1-2H3,(H2,31,35);5H,4H2,1-3H3;3H2,1-2H3. The maximum Gasteiger partial charge on any atom is 0.416 e. The monoisotopic (exact) mass is 647 g/mol. The molecule has 0 aliphatic carbocycles. The molecule has 0 aromatic heterocycles. The van der Waals surface area contributed by atoms with Crippen LogP contribution in [0.1, 0.15) is 89.1 Å². The van der Waals surface area contributed by atoms with Gasteiger partial charge in [0.1, 0.15) is 6.04 Å². The Balaban J connectivity index is 0.00000113. The summed E-state index contributed by atoms with van der Waals surface area (Å²) in [6, 6.07) is 8.57. The summed E-state index contributed by atoms with van der Waals surface area (Å²) in [5.41, 5.74) is 6.00. The number of nitrogens with one attached hydrogen (secondary N) is 1. The van der Waals surface area contributed by atoms with Gasteiger partial charge in [-0.2, -0.15) is 31.1 Å². The number of nitrogens with two attached hydrogens (primary N) is 1. The van der Waals surface area contributed by atoms with Crippen LogP contribution in [0.15, 0.2) is 53.7 Å². The number of thiol groups is 1. The van der Waals surface area contributed by atoms with E-state index in [1.807, 2.05) is 6.07 Å². The van der Waals surface area contributed by atoms with Gasteiger partial charge in [0, 0.05) is 11.4 Å². The SMILES string of the molecule is CCC.CCC(C)C.COC(=O)C1=C(C)N(c2cccc(C(F)(F)F)c2)C(=N)N(C(N)=O)C1c1ccc(C#N)cc1CCCS. The van der Waals surface area contributed by atoms with E-state index in [0.717, 1.165) is 41.0 Å². The molecule has 0 saturated carbocycles. The molecule has 0 saturated heterocycles. The fraction of sp³-hybridized carbons (Fsp3) is 0.455. The second-order valence-corrected chi connectivity index (χ2v) is 11.1. The van der Waals surface area contributed by atoms with E-state index in [0.29, 0.717) is 35.3 Å². The van der Waals surface area contributed by atoms with E-state index in [4.69, 9.17) is 15.9 Å². The summed E-state index contributed by atoms with van der Waals surface area (Å²) < 4.78 is 45.2. The molecule has 8 nitrogen and oxygen atoms in total. The predicted molar refractivity (Wildman–Crippen MR) is 175 cm³/mol. The number of guanidine groups is 1. The number of methoxy groups -OCH3 is 1. The molecule has 1 aliphatic heterocycles. The maximum absolute atomic E-state index is 13.4. The van der Waals surface area contributed by atoms with E-state index in [9.17, 15) is 28.0 Å². The zero-order chi connectivity index (χ0) is 34.5. The Morgan fingerprint density at radius 1 is 1.16 bits per heavy atom. The van der Waals surface area contributed by atoms with Crippen molar-refractivity contribution in [3.8, 4) is 6.07 Å². The van der Waals surface area contributed by atoms with Gasteiger partial charge in [-0.25, -0.2) is 9.59 Å². The Morgan fingerprint density at radius 2 is 1.76 bits per heavy atom. The zero-order valence-corrected chi connectivity index (χ0v) is 27.9. The van der Waals surface area contributed by atoms with Gasteiger partial charge in [-0.15, -0.1) is 0 Å². The number of nitrogens with zero attached hydrogens (tertiary/aromatic N) is 3. The summed E-state index contributed by atoms with van der Waals surface area (Å²) in [6.45, 7) is 12.3. The van der Waals surface area contributed by atoms with E-state index in [1.54, 1.807) is 12.1 Å². The average molecular weight is 648 g/mol. The molecule has 2 aromatic rings. The molecule has 45 heavy (non-hydrogen) atoms. The van der Waals surface area contributed by atoms with Crippen molar-refractivity contribution in [3.63, 3.8) is 0 Å². The zero-order valence-electron chi connectivity index (χ0n) is 27.0. The third kappa shape index (κ3) is 10.3. The summed E-state index contributed by atoms with van der Waals surface area (Å²) in [7, 11) is 1.13. The minimum atomic E-state index is -4.66. The Hall–Kier alpha value is -3.98. The highest BCUT2D eigenvalue weighted by Gasteiger charge is 2.44. The lowest BCUT2D eigenvalue weighted by molar-refractivity contribution is -0.138. The summed E-state index contributed by atoms with van der Waals surface area (Å²) in [5, 5.41) is 18.2. The first-order valence-corrected chi connectivity index (χ1v) is 15.3. The van der Waals surface area contributed by atoms with Crippen molar-refractivity contribution in [3.05, 3.63) is 76.0 Å². The number of amides is 2. The van der Waals surface area contributed by atoms with Crippen LogP contribution in [-0.4, -0.2) is 35.7 Å². The highest BCUT2D eigenvalue weighted by Crippen LogP contribution is 2.42. The van der Waals surface area contributed by atoms with Gasteiger partial charge >= 0.3 is 18.2 Å². The van der Waals surface area contributed by atoms with Crippen molar-refractivity contribution < 1.29 is 27.5 Å². The molecule has 2 amide bonds. The van der Waals surface area contributed by atoms with Crippen molar-refractivity contribution in [2.45, 2.75) is 79.4 Å². The number of alkyl halides is 3. The molecule has 0 spiro atoms. The van der Waals surface area contributed by atoms with Crippen LogP contribution in [-0.2, 0) is 22.1 Å². The Morgan fingerprint density at radius 3 is 2.22 bits per heavy atom. The minimum Gasteiger partial charge on any atom is -0.466 e. The number of esters is 1. The third-order valence-electron chi connectivity index (χ3n) is 6.76. The lowest BCUT2D eigenvalue weighted by Gasteiger charge is -2.43. The normalized spacial score (nSPS) is 14.6. The van der Waals surface area contributed by atoms with Crippen LogP contribution < -0.4 is 10.6 Å². The molecule has 0 radical (unpaired) electrons. The first-order chi connectivity index (χ1) is 21.1. The van der Waals surface area contributed by atoms with Gasteiger partial charge < -0.3 is 10.5 Å². The van der Waals surface area contributed by atoms with Crippen molar-refractivity contribution in [1.82, 2.24) is 4.90 Å². The number of hydrogen-bond donors (Lipinski definition) is 3. The predicted octanol–water partition coefficient (Wildman–Crippen LogP) is 8.23. The Labute approximate surface area is 269 Å². The highest BCUT2D eigenvalue weighted by atomic mass is 32.1. The molecule has 3 rings (SSSR count). The molecule has 2 aromatic carbocycles. The molecular formula is C33H44F3N5O3S. The molecule has 0 fully saturated rings. The number of urea groups is 1. The lowest BCUT2D eigenvalue weighted by atomic mass is 9.87. The number of nitriles is 1. The largest absolute Gasteiger partial charge is 0.466 e. The number of ether oxygens (including phenoxy) is 1. The van der Waals surface area contributed by atoms with Crippen LogP contribution >= 0.6 is 12.6 Å². The first-order valence-electron chi connectivity index (χ1n) is 14.7. The summed E-state index contributed by atoms with van der Waals surface area (Å²) in [6.07, 6.45) is -1.05. The van der Waals surface area contributed by atoms with E-state index in [2.05, 4.69) is 47.2 Å². The number of halogens is 3. The summed E-state index contributed by atoms with van der Waals surface area (Å²) in [5.74, 6) is 0.00221. The highest BCUT2D eigenvalue weighted by molar-refractivity contribution is 7.80. The second-order valence-electron chi connectivity index (χ2n) is 10.7. The van der Waals surface area contributed by atoms with Crippen molar-refractivity contribution >= 4 is 36.3 Å². The molecular weight excluding hydrogens is 603 g/mol. The number of rotatable bonds is 7. The van der Waals surface area contributed by atoms with Gasteiger partial charge in [-0.05, 0) is 72.9 Å². The van der Waals surface area contributed by atoms with Gasteiger partial charge in [0.15, 0.2) is 0 Å². The van der Waals surface area contributed by atoms with Gasteiger partial charge in [0.2, 0.25) is 5.96 Å². The summed E-state index contributed by atoms with van der Waals surface area (Å²) >= 11 is 4.23. The summed E-state index contributed by atoms with van der Waals surface area (Å²) in [4.78, 5) is 27.7. The molecule has 246 valence electrons. The number of hydrogen-bond acceptors (Lipinski definition) is 6. The maximum atomic E-state index is 13.4. The Kier molecular flexibility index (Phi) is 15.7. The number of aryl methyl sites for hydroxylation is 1. The van der Waals surface area contributed by atoms with E-state index >= 15 is 0 Å². The van der Waals surface area contributed by atoms with Gasteiger partial charge in [0.25, 0.3) is 0 Å². The second kappa shape index (κ2) is 18.1. The average Bonchev–Trinajstić information content (AvgIpc) is 2.99. The van der Waals surface area contributed by atoms with E-state index in [-0.39, 0.29) is 17.0 Å². The number of primary amides is 1. The van der Waals surface area contributed by atoms with Crippen molar-refractivity contribution in [2.24, 2.45) is 11.7 Å². The van der Waals surface area contributed by atoms with Crippen LogP contribution in [0.2, 0.25) is 0 Å². The van der Waals surface area contributed by atoms with Gasteiger partial charge in [0.05, 0.1) is 29.9 Å². The van der Waals surface area contributed by atoms with Crippen LogP contribution in [0.3, 0.4) is 0 Å². The Bertz CT molecular complexity index is 1400. The van der Waals surface area contributed by atoms with E-state index < -0.39 is 35.7 Å². The number of benzene rings is 2. The minimum absolute atomic E-state index is 0.0863. The quantitative estimate of drug-likeness (QED) is 0.206. The number of carbonyl (C=O) groups is 2. The third-order valence-corrected chi connectivity index (χ3v) is 7.07. The number of anilines is 1. The van der Waals surface area contributed by atoms with Crippen LogP contribution in [0.4, 0.5) is 23.7 Å². The molecule has 1 atom stereocenters. The van der Waals surface area contributed by atoms with Gasteiger partial charge in [-0.1, -0.05) is 59.6 Å².